The molecule has 0 aromatic carbocycles. The zero-order chi connectivity index (χ0) is 25.0. The molecule has 3 unspecified atom stereocenters. The van der Waals surface area contributed by atoms with Gasteiger partial charge in [0.15, 0.2) is 5.78 Å². The van der Waals surface area contributed by atoms with Crippen LogP contribution in [0.25, 0.3) is 0 Å². The van der Waals surface area contributed by atoms with Crippen LogP contribution < -0.4 is 4.72 Å². The highest BCUT2D eigenvalue weighted by molar-refractivity contribution is 7.90. The number of nitrogens with zero attached hydrogens (tertiary/aromatic N) is 3. The first-order valence-electron chi connectivity index (χ1n) is 13.5. The maximum Gasteiger partial charge on any atom is 0.327 e. The molecule has 0 bridgehead atoms. The van der Waals surface area contributed by atoms with E-state index in [0.29, 0.717) is 18.9 Å². The maximum absolute atomic E-state index is 13.4. The molecule has 0 spiro atoms. The van der Waals surface area contributed by atoms with Crippen molar-refractivity contribution in [1.29, 1.82) is 0 Å². The fourth-order valence-corrected chi connectivity index (χ4v) is 8.73. The third-order valence-electron chi connectivity index (χ3n) is 9.33. The van der Waals surface area contributed by atoms with Crippen molar-refractivity contribution in [2.24, 2.45) is 11.8 Å². The summed E-state index contributed by atoms with van der Waals surface area (Å²) >= 11 is 0. The monoisotopic (exact) mass is 508 g/mol. The predicted molar refractivity (Wildman–Crippen MR) is 131 cm³/mol. The Morgan fingerprint density at radius 3 is 2.31 bits per heavy atom. The molecule has 9 nitrogen and oxygen atoms in total. The number of Topliss-reactive ketones (excluding diaryl/α,β-unsaturated/α-hetero) is 1. The van der Waals surface area contributed by atoms with Gasteiger partial charge in [-0.15, -0.1) is 0 Å². The van der Waals surface area contributed by atoms with Crippen LogP contribution in [0.4, 0.5) is 4.79 Å². The van der Waals surface area contributed by atoms with Crippen LogP contribution in [0.15, 0.2) is 0 Å². The number of imide groups is 1. The number of likely N-dealkylation sites (tertiary alicyclic amines) is 1. The summed E-state index contributed by atoms with van der Waals surface area (Å²) in [5.74, 6) is -1.12. The van der Waals surface area contributed by atoms with Gasteiger partial charge in [-0.1, -0.05) is 0 Å². The molecule has 5 aliphatic rings. The number of fused-ring (bicyclic) bond motifs is 1. The summed E-state index contributed by atoms with van der Waals surface area (Å²) in [6.07, 6.45) is 8.87. The Kier molecular flexibility index (Phi) is 6.76. The lowest BCUT2D eigenvalue weighted by Crippen LogP contribution is -2.63. The molecule has 3 saturated carbocycles. The zero-order valence-electron chi connectivity index (χ0n) is 21.1. The van der Waals surface area contributed by atoms with E-state index < -0.39 is 27.2 Å². The van der Waals surface area contributed by atoms with Crippen LogP contribution >= 0.6 is 0 Å². The summed E-state index contributed by atoms with van der Waals surface area (Å²) in [6.45, 7) is 4.01. The second-order valence-corrected chi connectivity index (χ2v) is 13.8. The Balaban J connectivity index is 1.21. The van der Waals surface area contributed by atoms with E-state index in [0.717, 1.165) is 56.5 Å². The molecule has 2 heterocycles. The van der Waals surface area contributed by atoms with E-state index in [-0.39, 0.29) is 42.2 Å². The van der Waals surface area contributed by atoms with Crippen LogP contribution in [-0.2, 0) is 19.6 Å². The summed E-state index contributed by atoms with van der Waals surface area (Å²) in [6, 6.07) is -0.181. The quantitative estimate of drug-likeness (QED) is 0.565. The summed E-state index contributed by atoms with van der Waals surface area (Å²) in [5, 5.41) is -0.648. The molecule has 35 heavy (non-hydrogen) atoms. The molecule has 0 radical (unpaired) electrons. The average Bonchev–Trinajstić information content (AvgIpc) is 3.31. The zero-order valence-corrected chi connectivity index (χ0v) is 21.9. The van der Waals surface area contributed by atoms with Gasteiger partial charge < -0.3 is 9.80 Å². The largest absolute Gasteiger partial charge is 0.327 e. The van der Waals surface area contributed by atoms with Gasteiger partial charge in [0.2, 0.25) is 15.9 Å². The van der Waals surface area contributed by atoms with Crippen molar-refractivity contribution in [3.63, 3.8) is 0 Å². The highest BCUT2D eigenvalue weighted by atomic mass is 32.2. The first kappa shape index (κ1) is 25.1. The van der Waals surface area contributed by atoms with Crippen molar-refractivity contribution in [2.75, 3.05) is 26.7 Å². The molecule has 3 amide bonds. The number of carbonyl (C=O) groups excluding carboxylic acids is 3. The number of amides is 3. The van der Waals surface area contributed by atoms with Crippen molar-refractivity contribution < 1.29 is 22.8 Å². The lowest BCUT2D eigenvalue weighted by Gasteiger charge is -2.46. The highest BCUT2D eigenvalue weighted by Gasteiger charge is 2.51. The van der Waals surface area contributed by atoms with Crippen molar-refractivity contribution in [1.82, 2.24) is 19.4 Å². The second-order valence-electron chi connectivity index (χ2n) is 11.8. The normalized spacial score (nSPS) is 35.8. The first-order chi connectivity index (χ1) is 16.6. The lowest BCUT2D eigenvalue weighted by molar-refractivity contribution is -0.143. The van der Waals surface area contributed by atoms with Crippen LogP contribution in [0.1, 0.15) is 77.6 Å². The Labute approximate surface area is 209 Å². The highest BCUT2D eigenvalue weighted by Crippen LogP contribution is 2.40. The molecule has 10 heteroatoms. The molecular formula is C25H40N4O5S. The van der Waals surface area contributed by atoms with Crippen molar-refractivity contribution in [2.45, 2.75) is 100 Å². The predicted octanol–water partition coefficient (Wildman–Crippen LogP) is 2.11. The lowest BCUT2D eigenvalue weighted by atomic mass is 9.80. The number of hydrogen-bond acceptors (Lipinski definition) is 6. The number of ketones is 1. The van der Waals surface area contributed by atoms with Crippen LogP contribution in [0, 0.1) is 11.8 Å². The fraction of sp³-hybridized carbons (Fsp3) is 0.880. The van der Waals surface area contributed by atoms with Crippen LogP contribution in [0.3, 0.4) is 0 Å². The summed E-state index contributed by atoms with van der Waals surface area (Å²) in [7, 11) is -1.88. The minimum absolute atomic E-state index is 0.0401. The molecule has 0 aromatic heterocycles. The Morgan fingerprint density at radius 2 is 1.69 bits per heavy atom. The van der Waals surface area contributed by atoms with E-state index >= 15 is 0 Å². The molecule has 3 atom stereocenters. The van der Waals surface area contributed by atoms with E-state index in [9.17, 15) is 22.8 Å². The van der Waals surface area contributed by atoms with Gasteiger partial charge in [-0.2, -0.15) is 0 Å². The SMILES string of the molecule is CN1C(=O)N(CC(=O)C2CCC(N3CCCC3)CC2)C(=O)C2CC(S(=O)(=O)NC3(C)CC3)CCC21. The Hall–Kier alpha value is -1.52. The maximum atomic E-state index is 13.4. The van der Waals surface area contributed by atoms with E-state index in [2.05, 4.69) is 9.62 Å². The van der Waals surface area contributed by atoms with Gasteiger partial charge in [-0.05, 0) is 90.6 Å². The third kappa shape index (κ3) is 5.03. The van der Waals surface area contributed by atoms with Gasteiger partial charge in [0.05, 0.1) is 17.7 Å². The topological polar surface area (TPSA) is 107 Å². The standard InChI is InChI=1S/C25H40N4O5S/c1-25(11-12-25)26-35(33,34)19-9-10-21-20(15-19)23(31)29(24(32)27(21)2)16-22(30)17-5-7-18(8-6-17)28-13-3-4-14-28/h17-21,26H,3-16H2,1-2H3. The summed E-state index contributed by atoms with van der Waals surface area (Å²) in [4.78, 5) is 44.8. The molecule has 5 fully saturated rings. The van der Waals surface area contributed by atoms with E-state index in [1.807, 2.05) is 6.92 Å². The minimum Gasteiger partial charge on any atom is -0.324 e. The van der Waals surface area contributed by atoms with Crippen molar-refractivity contribution in [3.8, 4) is 0 Å². The molecular weight excluding hydrogens is 468 g/mol. The number of urea groups is 1. The molecule has 1 N–H and O–H groups in total. The smallest absolute Gasteiger partial charge is 0.324 e. The summed E-state index contributed by atoms with van der Waals surface area (Å²) in [5.41, 5.74) is -0.356. The molecule has 3 aliphatic carbocycles. The van der Waals surface area contributed by atoms with E-state index in [1.54, 1.807) is 11.9 Å². The summed E-state index contributed by atoms with van der Waals surface area (Å²) < 4.78 is 28.8. The van der Waals surface area contributed by atoms with Crippen LogP contribution in [0.5, 0.6) is 0 Å². The van der Waals surface area contributed by atoms with Crippen molar-refractivity contribution in [3.05, 3.63) is 0 Å². The van der Waals surface area contributed by atoms with Gasteiger partial charge in [-0.25, -0.2) is 17.9 Å². The first-order valence-corrected chi connectivity index (χ1v) is 15.0. The van der Waals surface area contributed by atoms with E-state index in [1.165, 1.54) is 12.8 Å². The Morgan fingerprint density at radius 1 is 1.03 bits per heavy atom. The molecule has 2 saturated heterocycles. The molecule has 196 valence electrons. The number of sulfonamides is 1. The third-order valence-corrected chi connectivity index (χ3v) is 11.4. The molecule has 2 aliphatic heterocycles. The van der Waals surface area contributed by atoms with Gasteiger partial charge in [0.1, 0.15) is 0 Å². The number of hydrogen-bond donors (Lipinski definition) is 1. The average molecular weight is 509 g/mol. The van der Waals surface area contributed by atoms with Crippen molar-refractivity contribution >= 4 is 27.7 Å². The molecule has 5 rings (SSSR count). The number of rotatable bonds is 7. The van der Waals surface area contributed by atoms with E-state index in [4.69, 9.17) is 0 Å². The number of nitrogens with one attached hydrogen (secondary N) is 1. The Bertz CT molecular complexity index is 966. The van der Waals surface area contributed by atoms with Gasteiger partial charge in [0.25, 0.3) is 0 Å². The number of carbonyl (C=O) groups is 3. The van der Waals surface area contributed by atoms with Crippen LogP contribution in [0.2, 0.25) is 0 Å². The second kappa shape index (κ2) is 9.41. The minimum atomic E-state index is -3.55. The van der Waals surface area contributed by atoms with Gasteiger partial charge >= 0.3 is 6.03 Å². The van der Waals surface area contributed by atoms with Gasteiger partial charge in [0, 0.05) is 30.6 Å². The molecule has 0 aromatic rings. The van der Waals surface area contributed by atoms with Crippen LogP contribution in [-0.4, -0.2) is 90.4 Å². The fourth-order valence-electron chi connectivity index (χ4n) is 6.77. The van der Waals surface area contributed by atoms with Gasteiger partial charge in [-0.3, -0.25) is 14.5 Å².